The first-order chi connectivity index (χ1) is 11.6. The van der Waals surface area contributed by atoms with Gasteiger partial charge in [-0.05, 0) is 35.6 Å². The lowest BCUT2D eigenvalue weighted by Crippen LogP contribution is -2.37. The summed E-state index contributed by atoms with van der Waals surface area (Å²) in [6.45, 7) is 0.306. The van der Waals surface area contributed by atoms with Gasteiger partial charge in [0.2, 0.25) is 0 Å². The fourth-order valence-corrected chi connectivity index (χ4v) is 5.35. The number of hydrogen-bond donors (Lipinski definition) is 1. The molecular formula is C16H18N2O4S2. The summed E-state index contributed by atoms with van der Waals surface area (Å²) in [7, 11) is 0. The molecule has 2 saturated heterocycles. The standard InChI is InChI=1S/C16H18N2O4S2/c19-13(18-7-6-17-16(18)21)10-22-14(20)11-2-4-12(5-3-11)15-23-8-1-9-24-15/h2-5,15H,1,6-10H2,(H,17,21). The lowest BCUT2D eigenvalue weighted by Gasteiger charge is -2.21. The molecule has 0 radical (unpaired) electrons. The van der Waals surface area contributed by atoms with E-state index in [1.165, 1.54) is 12.0 Å². The number of nitrogens with one attached hydrogen (secondary N) is 1. The number of hydrogen-bond acceptors (Lipinski definition) is 6. The molecule has 0 aromatic heterocycles. The molecule has 2 aliphatic rings. The molecule has 3 rings (SSSR count). The van der Waals surface area contributed by atoms with Crippen molar-refractivity contribution < 1.29 is 19.1 Å². The molecule has 6 nitrogen and oxygen atoms in total. The van der Waals surface area contributed by atoms with Crippen molar-refractivity contribution in [3.05, 3.63) is 35.4 Å². The van der Waals surface area contributed by atoms with Gasteiger partial charge >= 0.3 is 12.0 Å². The second kappa shape index (κ2) is 7.94. The molecular weight excluding hydrogens is 348 g/mol. The Balaban J connectivity index is 1.53. The number of nitrogens with zero attached hydrogens (tertiary/aromatic N) is 1. The number of urea groups is 1. The van der Waals surface area contributed by atoms with E-state index in [-0.39, 0.29) is 0 Å². The molecule has 1 aromatic rings. The van der Waals surface area contributed by atoms with E-state index < -0.39 is 24.5 Å². The minimum absolute atomic E-state index is 0.306. The Morgan fingerprint density at radius 3 is 2.54 bits per heavy atom. The number of amides is 3. The molecule has 0 atom stereocenters. The molecule has 0 bridgehead atoms. The SMILES string of the molecule is O=C(OCC(=O)N1CCNC1=O)c1ccc(C2SCCCS2)cc1. The number of esters is 1. The summed E-state index contributed by atoms with van der Waals surface area (Å²) >= 11 is 3.84. The van der Waals surface area contributed by atoms with Gasteiger partial charge in [-0.3, -0.25) is 9.69 Å². The maximum Gasteiger partial charge on any atom is 0.338 e. The summed E-state index contributed by atoms with van der Waals surface area (Å²) in [5, 5.41) is 2.53. The Morgan fingerprint density at radius 1 is 1.21 bits per heavy atom. The van der Waals surface area contributed by atoms with Gasteiger partial charge in [-0.2, -0.15) is 0 Å². The van der Waals surface area contributed by atoms with Crippen LogP contribution in [0.15, 0.2) is 24.3 Å². The highest BCUT2D eigenvalue weighted by molar-refractivity contribution is 8.16. The molecule has 24 heavy (non-hydrogen) atoms. The van der Waals surface area contributed by atoms with Crippen LogP contribution in [0.1, 0.15) is 26.9 Å². The lowest BCUT2D eigenvalue weighted by atomic mass is 10.1. The van der Waals surface area contributed by atoms with Gasteiger partial charge in [-0.15, -0.1) is 23.5 Å². The number of thioether (sulfide) groups is 2. The molecule has 3 amide bonds. The average Bonchev–Trinajstić information content (AvgIpc) is 3.06. The monoisotopic (exact) mass is 366 g/mol. The second-order valence-corrected chi connectivity index (χ2v) is 8.13. The van der Waals surface area contributed by atoms with E-state index >= 15 is 0 Å². The Hall–Kier alpha value is -1.67. The molecule has 1 aromatic carbocycles. The Bertz CT molecular complexity index is 629. The van der Waals surface area contributed by atoms with Crippen molar-refractivity contribution >= 4 is 41.4 Å². The largest absolute Gasteiger partial charge is 0.452 e. The van der Waals surface area contributed by atoms with Gasteiger partial charge in [-0.25, -0.2) is 9.59 Å². The van der Waals surface area contributed by atoms with Gasteiger partial charge in [0.15, 0.2) is 6.61 Å². The van der Waals surface area contributed by atoms with Crippen LogP contribution in [0.3, 0.4) is 0 Å². The predicted molar refractivity (Wildman–Crippen MR) is 94.1 cm³/mol. The molecule has 8 heteroatoms. The van der Waals surface area contributed by atoms with Crippen molar-refractivity contribution in [2.45, 2.75) is 11.0 Å². The summed E-state index contributed by atoms with van der Waals surface area (Å²) in [6, 6.07) is 6.87. The third kappa shape index (κ3) is 4.05. The topological polar surface area (TPSA) is 75.7 Å². The second-order valence-electron chi connectivity index (χ2n) is 5.40. The van der Waals surface area contributed by atoms with Crippen LogP contribution in [-0.4, -0.2) is 54.0 Å². The molecule has 0 unspecified atom stereocenters. The fourth-order valence-electron chi connectivity index (χ4n) is 2.45. The van der Waals surface area contributed by atoms with E-state index in [1.54, 1.807) is 12.1 Å². The Morgan fingerprint density at radius 2 is 1.92 bits per heavy atom. The predicted octanol–water partition coefficient (Wildman–Crippen LogP) is 2.26. The van der Waals surface area contributed by atoms with Gasteiger partial charge in [0, 0.05) is 13.1 Å². The summed E-state index contributed by atoms with van der Waals surface area (Å²) in [6.07, 6.45) is 1.24. The van der Waals surface area contributed by atoms with E-state index in [2.05, 4.69) is 5.32 Å². The summed E-state index contributed by atoms with van der Waals surface area (Å²) in [4.78, 5) is 36.3. The van der Waals surface area contributed by atoms with Gasteiger partial charge < -0.3 is 10.1 Å². The number of carbonyl (C=O) groups excluding carboxylic acids is 3. The number of benzene rings is 1. The number of rotatable bonds is 4. The molecule has 0 saturated carbocycles. The zero-order valence-corrected chi connectivity index (χ0v) is 14.7. The van der Waals surface area contributed by atoms with Crippen molar-refractivity contribution in [2.75, 3.05) is 31.2 Å². The molecule has 2 fully saturated rings. The van der Waals surface area contributed by atoms with Gasteiger partial charge in [0.25, 0.3) is 5.91 Å². The molecule has 2 heterocycles. The molecule has 1 N–H and O–H groups in total. The summed E-state index contributed by atoms with van der Waals surface area (Å²) < 4.78 is 5.43. The fraction of sp³-hybridized carbons (Fsp3) is 0.438. The maximum atomic E-state index is 12.0. The van der Waals surface area contributed by atoms with Crippen molar-refractivity contribution in [2.24, 2.45) is 0 Å². The van der Waals surface area contributed by atoms with Crippen LogP contribution < -0.4 is 5.32 Å². The van der Waals surface area contributed by atoms with Gasteiger partial charge in [0.05, 0.1) is 10.1 Å². The molecule has 2 aliphatic heterocycles. The first-order valence-electron chi connectivity index (χ1n) is 7.73. The number of ether oxygens (including phenoxy) is 1. The minimum atomic E-state index is -0.557. The van der Waals surface area contributed by atoms with Crippen LogP contribution in [-0.2, 0) is 9.53 Å². The van der Waals surface area contributed by atoms with Crippen molar-refractivity contribution in [3.63, 3.8) is 0 Å². The molecule has 0 spiro atoms. The van der Waals surface area contributed by atoms with E-state index in [9.17, 15) is 14.4 Å². The molecule has 0 aliphatic carbocycles. The van der Waals surface area contributed by atoms with Crippen molar-refractivity contribution in [3.8, 4) is 0 Å². The van der Waals surface area contributed by atoms with Crippen molar-refractivity contribution in [1.29, 1.82) is 0 Å². The van der Waals surface area contributed by atoms with E-state index in [4.69, 9.17) is 4.74 Å². The first kappa shape index (κ1) is 17.2. The zero-order valence-electron chi connectivity index (χ0n) is 13.0. The third-order valence-corrected chi connectivity index (χ3v) is 6.75. The van der Waals surface area contributed by atoms with Crippen LogP contribution in [0, 0.1) is 0 Å². The van der Waals surface area contributed by atoms with Gasteiger partial charge in [0.1, 0.15) is 0 Å². The lowest BCUT2D eigenvalue weighted by molar-refractivity contribution is -0.130. The van der Waals surface area contributed by atoms with Crippen LogP contribution in [0.25, 0.3) is 0 Å². The highest BCUT2D eigenvalue weighted by atomic mass is 32.2. The van der Waals surface area contributed by atoms with Crippen molar-refractivity contribution in [1.82, 2.24) is 10.2 Å². The Labute approximate surface area is 148 Å². The highest BCUT2D eigenvalue weighted by Crippen LogP contribution is 2.43. The summed E-state index contributed by atoms with van der Waals surface area (Å²) in [5.74, 6) is 1.25. The quantitative estimate of drug-likeness (QED) is 0.824. The number of imide groups is 1. The zero-order chi connectivity index (χ0) is 16.9. The van der Waals surface area contributed by atoms with Gasteiger partial charge in [-0.1, -0.05) is 12.1 Å². The normalized spacial score (nSPS) is 18.3. The highest BCUT2D eigenvalue weighted by Gasteiger charge is 2.27. The van der Waals surface area contributed by atoms with E-state index in [0.717, 1.165) is 16.4 Å². The smallest absolute Gasteiger partial charge is 0.338 e. The van der Waals surface area contributed by atoms with Crippen LogP contribution >= 0.6 is 23.5 Å². The first-order valence-corrected chi connectivity index (χ1v) is 9.83. The number of carbonyl (C=O) groups is 3. The third-order valence-electron chi connectivity index (χ3n) is 3.73. The Kier molecular flexibility index (Phi) is 5.68. The van der Waals surface area contributed by atoms with Crippen LogP contribution in [0.5, 0.6) is 0 Å². The van der Waals surface area contributed by atoms with E-state index in [0.29, 0.717) is 23.2 Å². The van der Waals surface area contributed by atoms with Crippen LogP contribution in [0.4, 0.5) is 4.79 Å². The van der Waals surface area contributed by atoms with Crippen LogP contribution in [0.2, 0.25) is 0 Å². The molecule has 128 valence electrons. The average molecular weight is 366 g/mol. The maximum absolute atomic E-state index is 12.0. The minimum Gasteiger partial charge on any atom is -0.452 e. The van der Waals surface area contributed by atoms with E-state index in [1.807, 2.05) is 35.7 Å². The summed E-state index contributed by atoms with van der Waals surface area (Å²) in [5.41, 5.74) is 1.59.